The molecule has 1 aliphatic rings. The number of hydrogen-bond acceptors (Lipinski definition) is 4. The summed E-state index contributed by atoms with van der Waals surface area (Å²) in [5.41, 5.74) is 0. The predicted octanol–water partition coefficient (Wildman–Crippen LogP) is 0.786. The Morgan fingerprint density at radius 1 is 1.22 bits per heavy atom. The fourth-order valence-electron chi connectivity index (χ4n) is 2.45. The molecular formula is C13H24N2O3. The van der Waals surface area contributed by atoms with E-state index < -0.39 is 0 Å². The van der Waals surface area contributed by atoms with Crippen LogP contribution < -0.4 is 5.32 Å². The first-order valence-corrected chi connectivity index (χ1v) is 6.56. The van der Waals surface area contributed by atoms with Crippen LogP contribution in [0, 0.1) is 5.92 Å². The molecule has 1 N–H and O–H groups in total. The molecule has 0 saturated heterocycles. The van der Waals surface area contributed by atoms with Gasteiger partial charge in [0.05, 0.1) is 19.6 Å². The number of likely N-dealkylation sites (N-methyl/N-ethyl adjacent to an activating group) is 1. The summed E-state index contributed by atoms with van der Waals surface area (Å²) in [6.45, 7) is 0.352. The molecule has 0 aromatic carbocycles. The summed E-state index contributed by atoms with van der Waals surface area (Å²) < 4.78 is 4.84. The Balaban J connectivity index is 2.61. The Hall–Kier alpha value is -1.10. The van der Waals surface area contributed by atoms with Crippen LogP contribution in [-0.2, 0) is 14.3 Å². The molecule has 1 fully saturated rings. The van der Waals surface area contributed by atoms with E-state index in [2.05, 4.69) is 5.32 Å². The van der Waals surface area contributed by atoms with Gasteiger partial charge in [-0.3, -0.25) is 9.59 Å². The van der Waals surface area contributed by atoms with E-state index >= 15 is 0 Å². The zero-order chi connectivity index (χ0) is 13.5. The molecule has 0 aliphatic heterocycles. The first kappa shape index (κ1) is 15.0. The van der Waals surface area contributed by atoms with Crippen molar-refractivity contribution in [2.24, 2.45) is 5.92 Å². The molecule has 1 amide bonds. The van der Waals surface area contributed by atoms with Gasteiger partial charge in [0.25, 0.3) is 0 Å². The van der Waals surface area contributed by atoms with Gasteiger partial charge in [-0.15, -0.1) is 0 Å². The summed E-state index contributed by atoms with van der Waals surface area (Å²) >= 11 is 0. The van der Waals surface area contributed by atoms with E-state index in [0.29, 0.717) is 6.54 Å². The molecule has 1 rings (SSSR count). The fourth-order valence-corrected chi connectivity index (χ4v) is 2.45. The van der Waals surface area contributed by atoms with Crippen molar-refractivity contribution in [1.82, 2.24) is 10.2 Å². The lowest BCUT2D eigenvalue weighted by molar-refractivity contribution is -0.147. The number of carbonyl (C=O) groups is 2. The molecule has 0 radical (unpaired) electrons. The van der Waals surface area contributed by atoms with Gasteiger partial charge in [-0.1, -0.05) is 19.3 Å². The lowest BCUT2D eigenvalue weighted by Crippen LogP contribution is -2.46. The molecule has 0 bridgehead atoms. The summed E-state index contributed by atoms with van der Waals surface area (Å²) in [5.74, 6) is -0.420. The van der Waals surface area contributed by atoms with Crippen LogP contribution >= 0.6 is 0 Å². The largest absolute Gasteiger partial charge is 0.469 e. The topological polar surface area (TPSA) is 58.6 Å². The Bertz CT molecular complexity index is 292. The van der Waals surface area contributed by atoms with Gasteiger partial charge >= 0.3 is 5.97 Å². The van der Waals surface area contributed by atoms with Gasteiger partial charge in [0, 0.05) is 6.04 Å². The average Bonchev–Trinajstić information content (AvgIpc) is 2.52. The summed E-state index contributed by atoms with van der Waals surface area (Å²) in [5, 5.41) is 2.97. The molecule has 1 aliphatic carbocycles. The second kappa shape index (κ2) is 7.36. The second-order valence-electron chi connectivity index (χ2n) is 5.18. The van der Waals surface area contributed by atoms with Gasteiger partial charge in [-0.05, 0) is 26.9 Å². The van der Waals surface area contributed by atoms with Crippen LogP contribution in [0.3, 0.4) is 0 Å². The maximum Gasteiger partial charge on any atom is 0.310 e. The molecule has 0 spiro atoms. The van der Waals surface area contributed by atoms with Crippen LogP contribution in [0.2, 0.25) is 0 Å². The number of carbonyl (C=O) groups excluding carboxylic acids is 2. The maximum atomic E-state index is 11.8. The third kappa shape index (κ3) is 4.64. The summed E-state index contributed by atoms with van der Waals surface area (Å²) in [7, 11) is 5.11. The van der Waals surface area contributed by atoms with E-state index in [9.17, 15) is 9.59 Å². The summed E-state index contributed by atoms with van der Waals surface area (Å²) in [4.78, 5) is 25.4. The van der Waals surface area contributed by atoms with Crippen LogP contribution in [0.15, 0.2) is 0 Å². The van der Waals surface area contributed by atoms with E-state index in [1.165, 1.54) is 7.11 Å². The van der Waals surface area contributed by atoms with Crippen molar-refractivity contribution in [2.45, 2.75) is 38.1 Å². The number of methoxy groups -OCH3 is 1. The molecule has 0 heterocycles. The fraction of sp³-hybridized carbons (Fsp3) is 0.846. The summed E-state index contributed by atoms with van der Waals surface area (Å²) in [6.07, 6.45) is 4.87. The standard InChI is InChI=1S/C13H24N2O3/c1-15(2)9-12(16)14-11-8-6-4-5-7-10(11)13(17)18-3/h10-11H,4-9H2,1-3H3,(H,14,16)/t10-,11+/m0/s1. The van der Waals surface area contributed by atoms with Crippen LogP contribution in [0.1, 0.15) is 32.1 Å². The van der Waals surface area contributed by atoms with Crippen molar-refractivity contribution in [1.29, 1.82) is 0 Å². The molecule has 1 saturated carbocycles. The van der Waals surface area contributed by atoms with E-state index in [1.54, 1.807) is 0 Å². The lowest BCUT2D eigenvalue weighted by Gasteiger charge is -2.24. The van der Waals surface area contributed by atoms with Crippen molar-refractivity contribution in [3.63, 3.8) is 0 Å². The van der Waals surface area contributed by atoms with Crippen LogP contribution in [0.4, 0.5) is 0 Å². The van der Waals surface area contributed by atoms with Gasteiger partial charge in [-0.2, -0.15) is 0 Å². The lowest BCUT2D eigenvalue weighted by atomic mass is 9.95. The van der Waals surface area contributed by atoms with Gasteiger partial charge in [0.15, 0.2) is 0 Å². The maximum absolute atomic E-state index is 11.8. The van der Waals surface area contributed by atoms with Crippen molar-refractivity contribution < 1.29 is 14.3 Å². The van der Waals surface area contributed by atoms with Gasteiger partial charge in [0.2, 0.25) is 5.91 Å². The normalized spacial score (nSPS) is 24.4. The SMILES string of the molecule is COC(=O)[C@H]1CCCCC[C@H]1NC(=O)CN(C)C. The quantitative estimate of drug-likeness (QED) is 0.597. The summed E-state index contributed by atoms with van der Waals surface area (Å²) in [6, 6.07) is -0.0765. The first-order chi connectivity index (χ1) is 8.54. The first-order valence-electron chi connectivity index (χ1n) is 6.56. The highest BCUT2D eigenvalue weighted by molar-refractivity contribution is 5.80. The Morgan fingerprint density at radius 3 is 2.50 bits per heavy atom. The smallest absolute Gasteiger partial charge is 0.310 e. The number of hydrogen-bond donors (Lipinski definition) is 1. The van der Waals surface area contributed by atoms with Gasteiger partial charge in [-0.25, -0.2) is 0 Å². The minimum absolute atomic E-state index is 0.0270. The Kier molecular flexibility index (Phi) is 6.12. The van der Waals surface area contributed by atoms with Gasteiger partial charge in [0.1, 0.15) is 0 Å². The molecule has 104 valence electrons. The van der Waals surface area contributed by atoms with Crippen LogP contribution in [0.5, 0.6) is 0 Å². The zero-order valence-electron chi connectivity index (χ0n) is 11.6. The molecule has 18 heavy (non-hydrogen) atoms. The second-order valence-corrected chi connectivity index (χ2v) is 5.18. The number of esters is 1. The van der Waals surface area contributed by atoms with Crippen molar-refractivity contribution >= 4 is 11.9 Å². The molecule has 2 atom stereocenters. The molecule has 0 unspecified atom stereocenters. The average molecular weight is 256 g/mol. The zero-order valence-corrected chi connectivity index (χ0v) is 11.6. The minimum Gasteiger partial charge on any atom is -0.469 e. The predicted molar refractivity (Wildman–Crippen MR) is 69.1 cm³/mol. The van der Waals surface area contributed by atoms with Crippen molar-refractivity contribution in [3.05, 3.63) is 0 Å². The van der Waals surface area contributed by atoms with Gasteiger partial charge < -0.3 is 15.0 Å². The highest BCUT2D eigenvalue weighted by Gasteiger charge is 2.31. The highest BCUT2D eigenvalue weighted by Crippen LogP contribution is 2.24. The van der Waals surface area contributed by atoms with Crippen LogP contribution in [-0.4, -0.2) is 50.6 Å². The van der Waals surface area contributed by atoms with Crippen molar-refractivity contribution in [2.75, 3.05) is 27.7 Å². The van der Waals surface area contributed by atoms with Crippen LogP contribution in [0.25, 0.3) is 0 Å². The third-order valence-electron chi connectivity index (χ3n) is 3.33. The molecule has 0 aromatic rings. The number of nitrogens with one attached hydrogen (secondary N) is 1. The van der Waals surface area contributed by atoms with E-state index in [1.807, 2.05) is 19.0 Å². The van der Waals surface area contributed by atoms with Crippen molar-refractivity contribution in [3.8, 4) is 0 Å². The minimum atomic E-state index is -0.202. The van der Waals surface area contributed by atoms with E-state index in [0.717, 1.165) is 32.1 Å². The molecule has 0 aromatic heterocycles. The monoisotopic (exact) mass is 256 g/mol. The Morgan fingerprint density at radius 2 is 1.89 bits per heavy atom. The molecule has 5 heteroatoms. The van der Waals surface area contributed by atoms with E-state index in [-0.39, 0.29) is 23.8 Å². The number of nitrogens with zero attached hydrogens (tertiary/aromatic N) is 1. The highest BCUT2D eigenvalue weighted by atomic mass is 16.5. The third-order valence-corrected chi connectivity index (χ3v) is 3.33. The molecular weight excluding hydrogens is 232 g/mol. The van der Waals surface area contributed by atoms with E-state index in [4.69, 9.17) is 4.74 Å². The number of rotatable bonds is 4. The number of amides is 1. The Labute approximate surface area is 109 Å². The molecule has 5 nitrogen and oxygen atoms in total. The number of ether oxygens (including phenoxy) is 1.